The molecule has 0 fully saturated rings. The van der Waals surface area contributed by atoms with Crippen LogP contribution in [-0.4, -0.2) is 22.6 Å². The highest BCUT2D eigenvalue weighted by Gasteiger charge is 2.02. The van der Waals surface area contributed by atoms with Crippen LogP contribution in [0.15, 0.2) is 47.6 Å². The van der Waals surface area contributed by atoms with E-state index < -0.39 is 0 Å². The van der Waals surface area contributed by atoms with E-state index in [0.29, 0.717) is 6.04 Å². The van der Waals surface area contributed by atoms with Crippen LogP contribution in [0.1, 0.15) is 18.5 Å². The van der Waals surface area contributed by atoms with Crippen molar-refractivity contribution in [1.29, 1.82) is 0 Å². The first-order valence-electron chi connectivity index (χ1n) is 6.17. The normalized spacial score (nSPS) is 12.6. The molecular weight excluding hydrogens is 242 g/mol. The summed E-state index contributed by atoms with van der Waals surface area (Å²) >= 11 is 1.87. The first-order chi connectivity index (χ1) is 8.79. The van der Waals surface area contributed by atoms with Crippen LogP contribution in [0.2, 0.25) is 0 Å². The van der Waals surface area contributed by atoms with Gasteiger partial charge in [-0.3, -0.25) is 4.68 Å². The van der Waals surface area contributed by atoms with E-state index in [2.05, 4.69) is 41.6 Å². The minimum atomic E-state index is 0.410. The van der Waals surface area contributed by atoms with E-state index in [1.165, 1.54) is 10.5 Å². The molecule has 0 saturated heterocycles. The van der Waals surface area contributed by atoms with Crippen molar-refractivity contribution in [2.75, 3.05) is 12.8 Å². The summed E-state index contributed by atoms with van der Waals surface area (Å²) in [6.07, 6.45) is 3.82. The highest BCUT2D eigenvalue weighted by molar-refractivity contribution is 7.99. The fourth-order valence-electron chi connectivity index (χ4n) is 1.71. The van der Waals surface area contributed by atoms with Gasteiger partial charge in [0.1, 0.15) is 0 Å². The molecule has 0 aliphatic carbocycles. The van der Waals surface area contributed by atoms with Crippen molar-refractivity contribution in [1.82, 2.24) is 15.1 Å². The molecule has 4 heteroatoms. The molecule has 2 rings (SSSR count). The van der Waals surface area contributed by atoms with E-state index in [-0.39, 0.29) is 0 Å². The van der Waals surface area contributed by atoms with Crippen LogP contribution in [0.4, 0.5) is 0 Å². The molecule has 0 aliphatic heterocycles. The number of hydrogen-bond donors (Lipinski definition) is 1. The van der Waals surface area contributed by atoms with Crippen molar-refractivity contribution in [3.63, 3.8) is 0 Å². The summed E-state index contributed by atoms with van der Waals surface area (Å²) in [6, 6.07) is 11.1. The van der Waals surface area contributed by atoms with Gasteiger partial charge in [-0.25, -0.2) is 0 Å². The Morgan fingerprint density at radius 3 is 2.72 bits per heavy atom. The Morgan fingerprint density at radius 1 is 1.33 bits per heavy atom. The SMILES string of the molecule is CNC(C)c1ccc(SCCn2cccn2)cc1. The number of nitrogens with one attached hydrogen (secondary N) is 1. The molecule has 0 aliphatic rings. The smallest absolute Gasteiger partial charge is 0.0503 e. The van der Waals surface area contributed by atoms with Crippen molar-refractivity contribution in [2.45, 2.75) is 24.4 Å². The minimum absolute atomic E-state index is 0.410. The van der Waals surface area contributed by atoms with Gasteiger partial charge in [0.05, 0.1) is 6.54 Å². The third-order valence-electron chi connectivity index (χ3n) is 2.96. The van der Waals surface area contributed by atoms with E-state index in [0.717, 1.165) is 12.3 Å². The Morgan fingerprint density at radius 2 is 2.11 bits per heavy atom. The molecule has 0 amide bonds. The maximum Gasteiger partial charge on any atom is 0.0503 e. The average Bonchev–Trinajstić information content (AvgIpc) is 2.92. The summed E-state index contributed by atoms with van der Waals surface area (Å²) in [7, 11) is 1.98. The summed E-state index contributed by atoms with van der Waals surface area (Å²) in [4.78, 5) is 1.31. The molecule has 1 N–H and O–H groups in total. The molecule has 0 bridgehead atoms. The van der Waals surface area contributed by atoms with Crippen molar-refractivity contribution < 1.29 is 0 Å². The largest absolute Gasteiger partial charge is 0.313 e. The second-order valence-electron chi connectivity index (χ2n) is 4.20. The van der Waals surface area contributed by atoms with Gasteiger partial charge in [0.25, 0.3) is 0 Å². The quantitative estimate of drug-likeness (QED) is 0.811. The molecule has 18 heavy (non-hydrogen) atoms. The lowest BCUT2D eigenvalue weighted by atomic mass is 10.1. The molecule has 1 heterocycles. The zero-order valence-corrected chi connectivity index (χ0v) is 11.7. The summed E-state index contributed by atoms with van der Waals surface area (Å²) in [5.74, 6) is 1.04. The first kappa shape index (κ1) is 13.2. The second kappa shape index (κ2) is 6.61. The maximum atomic E-state index is 4.19. The average molecular weight is 261 g/mol. The number of nitrogens with zero attached hydrogens (tertiary/aromatic N) is 2. The van der Waals surface area contributed by atoms with Crippen LogP contribution >= 0.6 is 11.8 Å². The second-order valence-corrected chi connectivity index (χ2v) is 5.37. The van der Waals surface area contributed by atoms with E-state index in [1.807, 2.05) is 42.0 Å². The lowest BCUT2D eigenvalue weighted by Gasteiger charge is -2.11. The molecule has 0 saturated carbocycles. The molecule has 0 spiro atoms. The van der Waals surface area contributed by atoms with Crippen LogP contribution in [0.25, 0.3) is 0 Å². The van der Waals surface area contributed by atoms with Crippen LogP contribution in [0.3, 0.4) is 0 Å². The van der Waals surface area contributed by atoms with Gasteiger partial charge in [0.15, 0.2) is 0 Å². The number of rotatable bonds is 6. The zero-order chi connectivity index (χ0) is 12.8. The highest BCUT2D eigenvalue weighted by atomic mass is 32.2. The zero-order valence-electron chi connectivity index (χ0n) is 10.8. The fourth-order valence-corrected chi connectivity index (χ4v) is 2.55. The van der Waals surface area contributed by atoms with Crippen molar-refractivity contribution >= 4 is 11.8 Å². The summed E-state index contributed by atoms with van der Waals surface area (Å²) in [5, 5.41) is 7.43. The topological polar surface area (TPSA) is 29.9 Å². The van der Waals surface area contributed by atoms with Crippen LogP contribution in [-0.2, 0) is 6.54 Å². The molecule has 1 atom stereocenters. The van der Waals surface area contributed by atoms with E-state index in [9.17, 15) is 0 Å². The van der Waals surface area contributed by atoms with Gasteiger partial charge in [-0.1, -0.05) is 12.1 Å². The Hall–Kier alpha value is -1.26. The molecule has 1 aromatic carbocycles. The Bertz CT molecular complexity index is 450. The fraction of sp³-hybridized carbons (Fsp3) is 0.357. The van der Waals surface area contributed by atoms with Crippen molar-refractivity contribution in [2.24, 2.45) is 0 Å². The number of aryl methyl sites for hydroxylation is 1. The number of benzene rings is 1. The Kier molecular flexibility index (Phi) is 4.84. The molecule has 96 valence electrons. The lowest BCUT2D eigenvalue weighted by Crippen LogP contribution is -2.11. The van der Waals surface area contributed by atoms with Gasteiger partial charge >= 0.3 is 0 Å². The first-order valence-corrected chi connectivity index (χ1v) is 7.15. The predicted octanol–water partition coefficient (Wildman–Crippen LogP) is 2.96. The van der Waals surface area contributed by atoms with Crippen LogP contribution in [0, 0.1) is 0 Å². The van der Waals surface area contributed by atoms with Crippen molar-refractivity contribution in [3.05, 3.63) is 48.3 Å². The molecule has 0 radical (unpaired) electrons. The third-order valence-corrected chi connectivity index (χ3v) is 3.95. The van der Waals surface area contributed by atoms with Gasteiger partial charge in [-0.05, 0) is 37.7 Å². The number of aromatic nitrogens is 2. The van der Waals surface area contributed by atoms with Gasteiger partial charge in [0, 0.05) is 29.1 Å². The molecular formula is C14H19N3S. The summed E-state index contributed by atoms with van der Waals surface area (Å²) < 4.78 is 1.96. The molecule has 1 unspecified atom stereocenters. The summed E-state index contributed by atoms with van der Waals surface area (Å²) in [5.41, 5.74) is 1.33. The van der Waals surface area contributed by atoms with Gasteiger partial charge < -0.3 is 5.32 Å². The van der Waals surface area contributed by atoms with E-state index in [4.69, 9.17) is 0 Å². The monoisotopic (exact) mass is 261 g/mol. The van der Waals surface area contributed by atoms with E-state index in [1.54, 1.807) is 0 Å². The molecule has 3 nitrogen and oxygen atoms in total. The Labute approximate surface area is 113 Å². The number of hydrogen-bond acceptors (Lipinski definition) is 3. The lowest BCUT2D eigenvalue weighted by molar-refractivity contribution is 0.652. The Balaban J connectivity index is 1.83. The van der Waals surface area contributed by atoms with Gasteiger partial charge in [0.2, 0.25) is 0 Å². The van der Waals surface area contributed by atoms with Crippen LogP contribution in [0.5, 0.6) is 0 Å². The highest BCUT2D eigenvalue weighted by Crippen LogP contribution is 2.21. The summed E-state index contributed by atoms with van der Waals surface area (Å²) in [6.45, 7) is 3.12. The van der Waals surface area contributed by atoms with Crippen molar-refractivity contribution in [3.8, 4) is 0 Å². The predicted molar refractivity (Wildman–Crippen MR) is 76.9 cm³/mol. The van der Waals surface area contributed by atoms with Gasteiger partial charge in [-0.15, -0.1) is 11.8 Å². The standard InChI is InChI=1S/C14H19N3S/c1-12(15-2)13-4-6-14(7-5-13)18-11-10-17-9-3-8-16-17/h3-9,12,15H,10-11H2,1-2H3. The molecule has 1 aromatic heterocycles. The third kappa shape index (κ3) is 3.62. The minimum Gasteiger partial charge on any atom is -0.313 e. The maximum absolute atomic E-state index is 4.19. The number of thioether (sulfide) groups is 1. The van der Waals surface area contributed by atoms with E-state index >= 15 is 0 Å². The molecule has 2 aromatic rings. The van der Waals surface area contributed by atoms with Gasteiger partial charge in [-0.2, -0.15) is 5.10 Å². The van der Waals surface area contributed by atoms with Crippen LogP contribution < -0.4 is 5.32 Å².